The largest absolute Gasteiger partial charge is 0.507 e. The first-order chi connectivity index (χ1) is 9.65. The molecule has 0 radical (unpaired) electrons. The van der Waals surface area contributed by atoms with Gasteiger partial charge in [-0.1, -0.05) is 44.7 Å². The summed E-state index contributed by atoms with van der Waals surface area (Å²) in [5, 5.41) is 13.7. The van der Waals surface area contributed by atoms with Crippen molar-refractivity contribution in [1.29, 1.82) is 0 Å². The van der Waals surface area contributed by atoms with Gasteiger partial charge in [0.25, 0.3) is 0 Å². The molecule has 1 rings (SSSR count). The molecule has 0 aromatic heterocycles. The van der Waals surface area contributed by atoms with E-state index in [0.29, 0.717) is 17.7 Å². The molecule has 110 valence electrons. The molecular formula is C16H24N2O2. The predicted molar refractivity (Wildman–Crippen MR) is 81.8 cm³/mol. The minimum Gasteiger partial charge on any atom is -0.507 e. The molecule has 0 spiro atoms. The van der Waals surface area contributed by atoms with Gasteiger partial charge in [-0.3, -0.25) is 4.79 Å². The molecule has 4 nitrogen and oxygen atoms in total. The number of hydrogen-bond acceptors (Lipinski definition) is 3. The standard InChI is InChI=1S/C16H24N2O2/c1-3-4-5-6-7-12-16(20)18-17-13(2)14-10-8-9-11-15(14)19/h8-11,19H,3-7,12H2,1-2H3,(H,18,20). The van der Waals surface area contributed by atoms with Crippen LogP contribution in [0.2, 0.25) is 0 Å². The van der Waals surface area contributed by atoms with Gasteiger partial charge in [0.1, 0.15) is 5.75 Å². The number of para-hydroxylation sites is 1. The zero-order chi connectivity index (χ0) is 14.8. The number of amides is 1. The Morgan fingerprint density at radius 1 is 1.20 bits per heavy atom. The predicted octanol–water partition coefficient (Wildman–Crippen LogP) is 3.59. The summed E-state index contributed by atoms with van der Waals surface area (Å²) in [6.45, 7) is 3.93. The molecule has 0 fully saturated rings. The van der Waals surface area contributed by atoms with Crippen LogP contribution in [0.1, 0.15) is 57.9 Å². The maximum Gasteiger partial charge on any atom is 0.240 e. The molecule has 1 aromatic carbocycles. The Labute approximate surface area is 120 Å². The van der Waals surface area contributed by atoms with Gasteiger partial charge in [-0.05, 0) is 25.5 Å². The molecule has 0 saturated carbocycles. The minimum absolute atomic E-state index is 0.0729. The van der Waals surface area contributed by atoms with Gasteiger partial charge in [0, 0.05) is 12.0 Å². The number of rotatable bonds is 8. The fourth-order valence-electron chi connectivity index (χ4n) is 1.93. The molecular weight excluding hydrogens is 252 g/mol. The fraction of sp³-hybridized carbons (Fsp3) is 0.500. The summed E-state index contributed by atoms with van der Waals surface area (Å²) in [6.07, 6.45) is 6.11. The van der Waals surface area contributed by atoms with E-state index in [9.17, 15) is 9.90 Å². The molecule has 0 aliphatic carbocycles. The third-order valence-corrected chi connectivity index (χ3v) is 3.15. The number of phenols is 1. The van der Waals surface area contributed by atoms with Gasteiger partial charge in [0.2, 0.25) is 5.91 Å². The van der Waals surface area contributed by atoms with Crippen LogP contribution in [0.25, 0.3) is 0 Å². The average Bonchev–Trinajstić information content (AvgIpc) is 2.45. The van der Waals surface area contributed by atoms with Gasteiger partial charge >= 0.3 is 0 Å². The number of aromatic hydroxyl groups is 1. The van der Waals surface area contributed by atoms with Crippen LogP contribution in [0, 0.1) is 0 Å². The first kappa shape index (κ1) is 16.2. The van der Waals surface area contributed by atoms with E-state index in [1.165, 1.54) is 19.3 Å². The first-order valence-electron chi connectivity index (χ1n) is 7.26. The molecule has 0 aliphatic rings. The molecule has 20 heavy (non-hydrogen) atoms. The van der Waals surface area contributed by atoms with Crippen molar-refractivity contribution in [3.05, 3.63) is 29.8 Å². The first-order valence-corrected chi connectivity index (χ1v) is 7.26. The lowest BCUT2D eigenvalue weighted by Gasteiger charge is -2.04. The van der Waals surface area contributed by atoms with Crippen molar-refractivity contribution in [2.45, 2.75) is 52.4 Å². The summed E-state index contributed by atoms with van der Waals surface area (Å²) in [4.78, 5) is 11.6. The highest BCUT2D eigenvalue weighted by Crippen LogP contribution is 2.16. The second-order valence-electron chi connectivity index (χ2n) is 4.91. The summed E-state index contributed by atoms with van der Waals surface area (Å²) in [6, 6.07) is 6.94. The Balaban J connectivity index is 2.36. The van der Waals surface area contributed by atoms with Crippen LogP contribution in [0.3, 0.4) is 0 Å². The van der Waals surface area contributed by atoms with Crippen LogP contribution in [0.4, 0.5) is 0 Å². The lowest BCUT2D eigenvalue weighted by atomic mass is 10.1. The van der Waals surface area contributed by atoms with Crippen molar-refractivity contribution in [1.82, 2.24) is 5.43 Å². The summed E-state index contributed by atoms with van der Waals surface area (Å²) < 4.78 is 0. The molecule has 0 aliphatic heterocycles. The maximum atomic E-state index is 11.6. The van der Waals surface area contributed by atoms with Gasteiger partial charge in [-0.25, -0.2) is 5.43 Å². The summed E-state index contributed by atoms with van der Waals surface area (Å²) in [7, 11) is 0. The van der Waals surface area contributed by atoms with Gasteiger partial charge in [-0.15, -0.1) is 0 Å². The number of hydrogen-bond donors (Lipinski definition) is 2. The van der Waals surface area contributed by atoms with Crippen LogP contribution >= 0.6 is 0 Å². The molecule has 1 amide bonds. The Morgan fingerprint density at radius 3 is 2.60 bits per heavy atom. The van der Waals surface area contributed by atoms with E-state index in [1.54, 1.807) is 25.1 Å². The number of nitrogens with zero attached hydrogens (tertiary/aromatic N) is 1. The van der Waals surface area contributed by atoms with E-state index in [-0.39, 0.29) is 11.7 Å². The second kappa shape index (κ2) is 9.13. The number of unbranched alkanes of at least 4 members (excludes halogenated alkanes) is 4. The van der Waals surface area contributed by atoms with E-state index in [4.69, 9.17) is 0 Å². The van der Waals surface area contributed by atoms with Crippen LogP contribution in [0.15, 0.2) is 29.4 Å². The number of phenolic OH excluding ortho intramolecular Hbond substituents is 1. The zero-order valence-electron chi connectivity index (χ0n) is 12.4. The average molecular weight is 276 g/mol. The van der Waals surface area contributed by atoms with Crippen molar-refractivity contribution in [3.8, 4) is 5.75 Å². The van der Waals surface area contributed by atoms with Gasteiger partial charge in [0.05, 0.1) is 5.71 Å². The molecule has 2 N–H and O–H groups in total. The Hall–Kier alpha value is -1.84. The molecule has 0 unspecified atom stereocenters. The topological polar surface area (TPSA) is 61.7 Å². The summed E-state index contributed by atoms with van der Waals surface area (Å²) in [5.41, 5.74) is 3.77. The monoisotopic (exact) mass is 276 g/mol. The Kier molecular flexibility index (Phi) is 7.40. The van der Waals surface area contributed by atoms with Gasteiger partial charge in [-0.2, -0.15) is 5.10 Å². The summed E-state index contributed by atoms with van der Waals surface area (Å²) >= 11 is 0. The molecule has 0 atom stereocenters. The van der Waals surface area contributed by atoms with Crippen LogP contribution in [-0.4, -0.2) is 16.7 Å². The van der Waals surface area contributed by atoms with Crippen molar-refractivity contribution in [2.24, 2.45) is 5.10 Å². The van der Waals surface area contributed by atoms with E-state index in [1.807, 2.05) is 6.07 Å². The highest BCUT2D eigenvalue weighted by Gasteiger charge is 2.04. The minimum atomic E-state index is -0.0729. The number of carbonyl (C=O) groups excluding carboxylic acids is 1. The maximum absolute atomic E-state index is 11.6. The Morgan fingerprint density at radius 2 is 1.90 bits per heavy atom. The number of hydrazone groups is 1. The van der Waals surface area contributed by atoms with Crippen LogP contribution in [0.5, 0.6) is 5.75 Å². The molecule has 0 saturated heterocycles. The molecule has 1 aromatic rings. The highest BCUT2D eigenvalue weighted by atomic mass is 16.3. The van der Waals surface area contributed by atoms with E-state index >= 15 is 0 Å². The van der Waals surface area contributed by atoms with E-state index in [2.05, 4.69) is 17.5 Å². The number of carbonyl (C=O) groups is 1. The SMILES string of the molecule is CCCCCCCC(=O)NN=C(C)c1ccccc1O. The van der Waals surface area contributed by atoms with Crippen molar-refractivity contribution in [2.75, 3.05) is 0 Å². The molecule has 0 heterocycles. The smallest absolute Gasteiger partial charge is 0.240 e. The quantitative estimate of drug-likeness (QED) is 0.433. The lowest BCUT2D eigenvalue weighted by Crippen LogP contribution is -2.18. The fourth-order valence-corrected chi connectivity index (χ4v) is 1.93. The van der Waals surface area contributed by atoms with E-state index < -0.39 is 0 Å². The number of nitrogens with one attached hydrogen (secondary N) is 1. The Bertz CT molecular complexity index is 456. The van der Waals surface area contributed by atoms with Crippen molar-refractivity contribution in [3.63, 3.8) is 0 Å². The van der Waals surface area contributed by atoms with Crippen LogP contribution in [-0.2, 0) is 4.79 Å². The van der Waals surface area contributed by atoms with Crippen molar-refractivity contribution >= 4 is 11.6 Å². The van der Waals surface area contributed by atoms with Gasteiger partial charge < -0.3 is 5.11 Å². The highest BCUT2D eigenvalue weighted by molar-refractivity contribution is 6.01. The van der Waals surface area contributed by atoms with Gasteiger partial charge in [0.15, 0.2) is 0 Å². The number of benzene rings is 1. The molecule has 4 heteroatoms. The zero-order valence-corrected chi connectivity index (χ0v) is 12.4. The third kappa shape index (κ3) is 5.87. The summed E-state index contributed by atoms with van der Waals surface area (Å²) in [5.74, 6) is 0.0961. The van der Waals surface area contributed by atoms with Crippen molar-refractivity contribution < 1.29 is 9.90 Å². The lowest BCUT2D eigenvalue weighted by molar-refractivity contribution is -0.121. The normalized spacial score (nSPS) is 11.4. The molecule has 0 bridgehead atoms. The van der Waals surface area contributed by atoms with Crippen LogP contribution < -0.4 is 5.43 Å². The second-order valence-corrected chi connectivity index (χ2v) is 4.91. The third-order valence-electron chi connectivity index (χ3n) is 3.15. The van der Waals surface area contributed by atoms with E-state index in [0.717, 1.165) is 12.8 Å².